The molecular formula is C22H28N2O6S2. The van der Waals surface area contributed by atoms with Crippen LogP contribution in [-0.2, 0) is 24.7 Å². The molecule has 1 heterocycles. The van der Waals surface area contributed by atoms with Crippen LogP contribution in [0.4, 0.5) is 0 Å². The van der Waals surface area contributed by atoms with Crippen LogP contribution in [0.3, 0.4) is 0 Å². The third kappa shape index (κ3) is 5.48. The topological polar surface area (TPSA) is 110 Å². The van der Waals surface area contributed by atoms with E-state index in [4.69, 9.17) is 4.74 Å². The average molecular weight is 481 g/mol. The van der Waals surface area contributed by atoms with Gasteiger partial charge in [0.25, 0.3) is 0 Å². The molecule has 1 fully saturated rings. The number of sulfonamides is 1. The quantitative estimate of drug-likeness (QED) is 0.652. The molecular weight excluding hydrogens is 452 g/mol. The Morgan fingerprint density at radius 1 is 0.969 bits per heavy atom. The summed E-state index contributed by atoms with van der Waals surface area (Å²) in [7, 11) is -5.38. The van der Waals surface area contributed by atoms with E-state index in [1.807, 2.05) is 6.92 Å². The molecule has 1 saturated heterocycles. The zero-order valence-corrected chi connectivity index (χ0v) is 19.9. The van der Waals surface area contributed by atoms with E-state index >= 15 is 0 Å². The minimum absolute atomic E-state index is 0.133. The number of hydrogen-bond acceptors (Lipinski definition) is 6. The summed E-state index contributed by atoms with van der Waals surface area (Å²) in [6.07, 6.45) is 2.01. The van der Waals surface area contributed by atoms with Gasteiger partial charge in [-0.3, -0.25) is 4.79 Å². The van der Waals surface area contributed by atoms with Crippen LogP contribution in [0.15, 0.2) is 58.3 Å². The molecule has 1 N–H and O–H groups in total. The van der Waals surface area contributed by atoms with Crippen LogP contribution in [0.25, 0.3) is 0 Å². The van der Waals surface area contributed by atoms with Crippen molar-refractivity contribution in [3.8, 4) is 5.75 Å². The van der Waals surface area contributed by atoms with Gasteiger partial charge < -0.3 is 10.1 Å². The molecule has 0 aromatic heterocycles. The number of methoxy groups -OCH3 is 1. The lowest BCUT2D eigenvalue weighted by Crippen LogP contribution is -2.43. The summed E-state index contributed by atoms with van der Waals surface area (Å²) in [6, 6.07) is 12.4. The van der Waals surface area contributed by atoms with Crippen molar-refractivity contribution in [3.63, 3.8) is 0 Å². The van der Waals surface area contributed by atoms with Crippen molar-refractivity contribution < 1.29 is 26.4 Å². The summed E-state index contributed by atoms with van der Waals surface area (Å²) >= 11 is 0. The standard InChI is InChI=1S/C22H28N2O6S2/c1-16(17-4-8-20(9-5-17)31(3,26)27)23-22(25)18-12-14-24(15-13-18)32(28,29)21-10-6-19(30-2)7-11-21/h4-11,16,18H,12-15H2,1-3H3,(H,23,25)/t16-/m1/s1. The Kier molecular flexibility index (Phi) is 7.26. The van der Waals surface area contributed by atoms with Crippen molar-refractivity contribution in [1.29, 1.82) is 0 Å². The smallest absolute Gasteiger partial charge is 0.243 e. The molecule has 10 heteroatoms. The SMILES string of the molecule is COc1ccc(S(=O)(=O)N2CCC(C(=O)N[C@H](C)c3ccc(S(C)(=O)=O)cc3)CC2)cc1. The first-order valence-corrected chi connectivity index (χ1v) is 13.6. The van der Waals surface area contributed by atoms with Gasteiger partial charge in [-0.05, 0) is 61.7 Å². The molecule has 1 aliphatic heterocycles. The van der Waals surface area contributed by atoms with E-state index < -0.39 is 19.9 Å². The molecule has 1 aliphatic rings. The second kappa shape index (κ2) is 9.60. The highest BCUT2D eigenvalue weighted by Gasteiger charge is 2.32. The predicted octanol–water partition coefficient (Wildman–Crippen LogP) is 2.38. The van der Waals surface area contributed by atoms with Gasteiger partial charge in [0.1, 0.15) is 5.75 Å². The molecule has 8 nitrogen and oxygen atoms in total. The molecule has 0 radical (unpaired) electrons. The molecule has 2 aromatic carbocycles. The van der Waals surface area contributed by atoms with Crippen molar-refractivity contribution >= 4 is 25.8 Å². The molecule has 0 saturated carbocycles. The van der Waals surface area contributed by atoms with Crippen LogP contribution in [0.1, 0.15) is 31.4 Å². The van der Waals surface area contributed by atoms with E-state index in [2.05, 4.69) is 5.32 Å². The van der Waals surface area contributed by atoms with E-state index in [1.165, 1.54) is 35.7 Å². The second-order valence-corrected chi connectivity index (χ2v) is 11.9. The van der Waals surface area contributed by atoms with Gasteiger partial charge in [-0.2, -0.15) is 4.31 Å². The number of ether oxygens (including phenoxy) is 1. The fraction of sp³-hybridized carbons (Fsp3) is 0.409. The van der Waals surface area contributed by atoms with Crippen LogP contribution in [-0.4, -0.2) is 53.5 Å². The van der Waals surface area contributed by atoms with Crippen molar-refractivity contribution in [3.05, 3.63) is 54.1 Å². The molecule has 174 valence electrons. The first-order valence-electron chi connectivity index (χ1n) is 10.3. The Labute approximate surface area is 189 Å². The third-order valence-corrected chi connectivity index (χ3v) is 8.73. The molecule has 1 amide bonds. The molecule has 0 unspecified atom stereocenters. The number of piperidine rings is 1. The summed E-state index contributed by atoms with van der Waals surface area (Å²) in [5.41, 5.74) is 0.797. The van der Waals surface area contributed by atoms with E-state index in [0.29, 0.717) is 18.6 Å². The Hall–Kier alpha value is -2.43. The van der Waals surface area contributed by atoms with Crippen molar-refractivity contribution in [1.82, 2.24) is 9.62 Å². The predicted molar refractivity (Wildman–Crippen MR) is 121 cm³/mol. The number of carbonyl (C=O) groups is 1. The molecule has 1 atom stereocenters. The van der Waals surface area contributed by atoms with Crippen LogP contribution in [0.5, 0.6) is 5.75 Å². The minimum Gasteiger partial charge on any atom is -0.497 e. The fourth-order valence-electron chi connectivity index (χ4n) is 3.67. The summed E-state index contributed by atoms with van der Waals surface area (Å²) in [5, 5.41) is 2.95. The van der Waals surface area contributed by atoms with Crippen molar-refractivity contribution in [2.75, 3.05) is 26.5 Å². The second-order valence-electron chi connectivity index (χ2n) is 7.93. The molecule has 0 bridgehead atoms. The zero-order chi connectivity index (χ0) is 23.5. The van der Waals surface area contributed by atoms with Gasteiger partial charge in [-0.25, -0.2) is 16.8 Å². The summed E-state index contributed by atoms with van der Waals surface area (Å²) in [4.78, 5) is 13.1. The van der Waals surface area contributed by atoms with E-state index in [1.54, 1.807) is 24.3 Å². The minimum atomic E-state index is -3.62. The van der Waals surface area contributed by atoms with E-state index in [-0.39, 0.29) is 40.7 Å². The molecule has 2 aromatic rings. The number of carbonyl (C=O) groups excluding carboxylic acids is 1. The summed E-state index contributed by atoms with van der Waals surface area (Å²) in [5.74, 6) is 0.167. The molecule has 0 aliphatic carbocycles. The maximum Gasteiger partial charge on any atom is 0.243 e. The largest absolute Gasteiger partial charge is 0.497 e. The normalized spacial score (nSPS) is 17.0. The van der Waals surface area contributed by atoms with Gasteiger partial charge in [0, 0.05) is 25.3 Å². The average Bonchev–Trinajstić information content (AvgIpc) is 2.78. The number of amides is 1. The number of benzene rings is 2. The number of rotatable bonds is 7. The Morgan fingerprint density at radius 2 is 1.50 bits per heavy atom. The number of sulfone groups is 1. The van der Waals surface area contributed by atoms with Gasteiger partial charge in [0.05, 0.1) is 22.9 Å². The molecule has 0 spiro atoms. The van der Waals surface area contributed by atoms with E-state index in [9.17, 15) is 21.6 Å². The molecule has 3 rings (SSSR count). The van der Waals surface area contributed by atoms with Gasteiger partial charge in [-0.1, -0.05) is 12.1 Å². The number of nitrogens with one attached hydrogen (secondary N) is 1. The van der Waals surface area contributed by atoms with Gasteiger partial charge in [0.15, 0.2) is 9.84 Å². The zero-order valence-electron chi connectivity index (χ0n) is 18.3. The van der Waals surface area contributed by atoms with Crippen molar-refractivity contribution in [2.24, 2.45) is 5.92 Å². The van der Waals surface area contributed by atoms with Crippen LogP contribution < -0.4 is 10.1 Å². The third-order valence-electron chi connectivity index (χ3n) is 5.69. The lowest BCUT2D eigenvalue weighted by molar-refractivity contribution is -0.126. The van der Waals surface area contributed by atoms with E-state index in [0.717, 1.165) is 11.8 Å². The van der Waals surface area contributed by atoms with Gasteiger partial charge >= 0.3 is 0 Å². The Bertz CT molecular complexity index is 1150. The van der Waals surface area contributed by atoms with Crippen molar-refractivity contribution in [2.45, 2.75) is 35.6 Å². The Balaban J connectivity index is 1.57. The lowest BCUT2D eigenvalue weighted by atomic mass is 9.96. The summed E-state index contributed by atoms with van der Waals surface area (Å²) in [6.45, 7) is 2.37. The highest BCUT2D eigenvalue weighted by Crippen LogP contribution is 2.26. The highest BCUT2D eigenvalue weighted by molar-refractivity contribution is 7.90. The maximum absolute atomic E-state index is 12.9. The lowest BCUT2D eigenvalue weighted by Gasteiger charge is -2.31. The fourth-order valence-corrected chi connectivity index (χ4v) is 5.77. The first-order chi connectivity index (χ1) is 15.0. The van der Waals surface area contributed by atoms with Crippen LogP contribution >= 0.6 is 0 Å². The molecule has 32 heavy (non-hydrogen) atoms. The highest BCUT2D eigenvalue weighted by atomic mass is 32.2. The monoisotopic (exact) mass is 480 g/mol. The first kappa shape index (κ1) is 24.2. The van der Waals surface area contributed by atoms with Gasteiger partial charge in [0.2, 0.25) is 15.9 Å². The number of hydrogen-bond donors (Lipinski definition) is 1. The van der Waals surface area contributed by atoms with Crippen LogP contribution in [0.2, 0.25) is 0 Å². The number of nitrogens with zero attached hydrogens (tertiary/aromatic N) is 1. The maximum atomic E-state index is 12.9. The summed E-state index contributed by atoms with van der Waals surface area (Å²) < 4.78 is 55.4. The Morgan fingerprint density at radius 3 is 2.00 bits per heavy atom. The van der Waals surface area contributed by atoms with Gasteiger partial charge in [-0.15, -0.1) is 0 Å². The van der Waals surface area contributed by atoms with Crippen LogP contribution in [0, 0.1) is 5.92 Å².